The van der Waals surface area contributed by atoms with E-state index in [1.165, 1.54) is 19.3 Å². The van der Waals surface area contributed by atoms with Crippen molar-refractivity contribution in [2.45, 2.75) is 52.4 Å². The molecule has 1 nitrogen and oxygen atoms in total. The zero-order valence-corrected chi connectivity index (χ0v) is 11.5. The largest absolute Gasteiger partial charge is 0.289 e. The van der Waals surface area contributed by atoms with E-state index in [1.54, 1.807) is 0 Å². The standard InChI is InChI=1S/C17H22O/c1-13-9-8-10-14(2)16(13)17(18)15-11-6-4-3-5-7-12-15/h8-11H,3-7,12H2,1-2H3/b15-11+. The fourth-order valence-electron chi connectivity index (χ4n) is 2.73. The Kier molecular flexibility index (Phi) is 4.35. The van der Waals surface area contributed by atoms with Gasteiger partial charge in [-0.1, -0.05) is 37.1 Å². The molecule has 0 radical (unpaired) electrons. The molecule has 1 aliphatic carbocycles. The van der Waals surface area contributed by atoms with Crippen LogP contribution in [0.15, 0.2) is 29.8 Å². The zero-order chi connectivity index (χ0) is 13.0. The van der Waals surface area contributed by atoms with Gasteiger partial charge in [0, 0.05) is 5.56 Å². The highest BCUT2D eigenvalue weighted by atomic mass is 16.1. The van der Waals surface area contributed by atoms with Crippen LogP contribution in [0.1, 0.15) is 60.0 Å². The summed E-state index contributed by atoms with van der Waals surface area (Å²) in [6.45, 7) is 4.06. The maximum atomic E-state index is 12.6. The molecule has 1 aliphatic rings. The number of allylic oxidation sites excluding steroid dienone is 2. The lowest BCUT2D eigenvalue weighted by Gasteiger charge is -2.13. The molecule has 0 spiro atoms. The summed E-state index contributed by atoms with van der Waals surface area (Å²) in [5.74, 6) is 0.257. The van der Waals surface area contributed by atoms with Gasteiger partial charge < -0.3 is 0 Å². The predicted molar refractivity (Wildman–Crippen MR) is 76.0 cm³/mol. The summed E-state index contributed by atoms with van der Waals surface area (Å²) in [4.78, 5) is 12.6. The molecule has 2 rings (SSSR count). The fourth-order valence-corrected chi connectivity index (χ4v) is 2.73. The molecule has 0 fully saturated rings. The second kappa shape index (κ2) is 5.99. The van der Waals surface area contributed by atoms with E-state index < -0.39 is 0 Å². The third-order valence-corrected chi connectivity index (χ3v) is 3.79. The van der Waals surface area contributed by atoms with E-state index in [-0.39, 0.29) is 5.78 Å². The van der Waals surface area contributed by atoms with Crippen LogP contribution in [0.5, 0.6) is 0 Å². The van der Waals surface area contributed by atoms with Crippen molar-refractivity contribution in [3.8, 4) is 0 Å². The highest BCUT2D eigenvalue weighted by Gasteiger charge is 2.16. The van der Waals surface area contributed by atoms with Crippen LogP contribution in [0.3, 0.4) is 0 Å². The summed E-state index contributed by atoms with van der Waals surface area (Å²) in [5.41, 5.74) is 4.15. The maximum Gasteiger partial charge on any atom is 0.189 e. The van der Waals surface area contributed by atoms with E-state index in [0.717, 1.165) is 41.5 Å². The average Bonchev–Trinajstić information content (AvgIpc) is 2.27. The van der Waals surface area contributed by atoms with Crippen molar-refractivity contribution >= 4 is 5.78 Å². The van der Waals surface area contributed by atoms with Crippen molar-refractivity contribution < 1.29 is 4.79 Å². The number of hydrogen-bond acceptors (Lipinski definition) is 1. The van der Waals surface area contributed by atoms with Crippen LogP contribution in [-0.4, -0.2) is 5.78 Å². The van der Waals surface area contributed by atoms with E-state index in [1.807, 2.05) is 32.0 Å². The Morgan fingerprint density at radius 1 is 1.00 bits per heavy atom. The van der Waals surface area contributed by atoms with E-state index in [2.05, 4.69) is 6.08 Å². The minimum absolute atomic E-state index is 0.257. The van der Waals surface area contributed by atoms with Crippen LogP contribution in [0.4, 0.5) is 0 Å². The highest BCUT2D eigenvalue weighted by molar-refractivity contribution is 6.10. The molecule has 0 saturated carbocycles. The van der Waals surface area contributed by atoms with Gasteiger partial charge in [-0.05, 0) is 56.2 Å². The normalized spacial score (nSPS) is 19.6. The van der Waals surface area contributed by atoms with Crippen LogP contribution >= 0.6 is 0 Å². The second-order valence-electron chi connectivity index (χ2n) is 5.28. The molecular formula is C17H22O. The van der Waals surface area contributed by atoms with Crippen molar-refractivity contribution in [2.24, 2.45) is 0 Å². The van der Waals surface area contributed by atoms with E-state index >= 15 is 0 Å². The molecule has 0 aromatic heterocycles. The molecule has 0 bridgehead atoms. The van der Waals surface area contributed by atoms with Gasteiger partial charge in [0.15, 0.2) is 5.78 Å². The molecule has 1 aromatic carbocycles. The first-order valence-corrected chi connectivity index (χ1v) is 7.00. The van der Waals surface area contributed by atoms with Gasteiger partial charge in [0.05, 0.1) is 0 Å². The Balaban J connectivity index is 2.29. The van der Waals surface area contributed by atoms with Crippen LogP contribution in [0, 0.1) is 13.8 Å². The first-order valence-electron chi connectivity index (χ1n) is 7.00. The Hall–Kier alpha value is -1.37. The molecule has 1 aromatic rings. The smallest absolute Gasteiger partial charge is 0.189 e. The summed E-state index contributed by atoms with van der Waals surface area (Å²) in [5, 5.41) is 0. The number of carbonyl (C=O) groups excluding carboxylic acids is 1. The number of carbonyl (C=O) groups is 1. The lowest BCUT2D eigenvalue weighted by Crippen LogP contribution is -2.09. The molecule has 0 aliphatic heterocycles. The number of rotatable bonds is 2. The zero-order valence-electron chi connectivity index (χ0n) is 11.5. The van der Waals surface area contributed by atoms with Crippen molar-refractivity contribution in [2.75, 3.05) is 0 Å². The summed E-state index contributed by atoms with van der Waals surface area (Å²) >= 11 is 0. The average molecular weight is 242 g/mol. The lowest BCUT2D eigenvalue weighted by molar-refractivity contribution is 0.102. The maximum absolute atomic E-state index is 12.6. The number of benzene rings is 1. The van der Waals surface area contributed by atoms with Gasteiger partial charge in [0.1, 0.15) is 0 Å². The number of aryl methyl sites for hydroxylation is 2. The van der Waals surface area contributed by atoms with Gasteiger partial charge in [-0.25, -0.2) is 0 Å². The second-order valence-corrected chi connectivity index (χ2v) is 5.28. The Labute approximate surface area is 110 Å². The monoisotopic (exact) mass is 242 g/mol. The highest BCUT2D eigenvalue weighted by Crippen LogP contribution is 2.23. The minimum Gasteiger partial charge on any atom is -0.289 e. The van der Waals surface area contributed by atoms with Gasteiger partial charge >= 0.3 is 0 Å². The van der Waals surface area contributed by atoms with Gasteiger partial charge in [0.2, 0.25) is 0 Å². The Morgan fingerprint density at radius 3 is 2.39 bits per heavy atom. The summed E-state index contributed by atoms with van der Waals surface area (Å²) in [6, 6.07) is 6.08. The minimum atomic E-state index is 0.257. The summed E-state index contributed by atoms with van der Waals surface area (Å²) in [6.07, 6.45) is 9.14. The third kappa shape index (κ3) is 2.90. The Bertz CT molecular complexity index is 448. The number of ketones is 1. The van der Waals surface area contributed by atoms with Crippen molar-refractivity contribution in [3.63, 3.8) is 0 Å². The van der Waals surface area contributed by atoms with Crippen LogP contribution in [-0.2, 0) is 0 Å². The Morgan fingerprint density at radius 2 is 1.67 bits per heavy atom. The first-order chi connectivity index (χ1) is 8.70. The fraction of sp³-hybridized carbons (Fsp3) is 0.471. The molecule has 1 heteroatoms. The number of Topliss-reactive ketones (excluding diaryl/α,β-unsaturated/α-hetero) is 1. The molecule has 0 atom stereocenters. The van der Waals surface area contributed by atoms with E-state index in [4.69, 9.17) is 0 Å². The quantitative estimate of drug-likeness (QED) is 0.683. The molecule has 18 heavy (non-hydrogen) atoms. The molecule has 0 saturated heterocycles. The predicted octanol–water partition coefficient (Wildman–Crippen LogP) is 4.77. The molecule has 0 heterocycles. The molecule has 0 N–H and O–H groups in total. The SMILES string of the molecule is Cc1cccc(C)c1C(=O)/C1=C/CCCCCC1. The van der Waals surface area contributed by atoms with E-state index in [0.29, 0.717) is 0 Å². The summed E-state index contributed by atoms with van der Waals surface area (Å²) in [7, 11) is 0. The van der Waals surface area contributed by atoms with Gasteiger partial charge in [-0.3, -0.25) is 4.79 Å². The van der Waals surface area contributed by atoms with Gasteiger partial charge in [-0.15, -0.1) is 0 Å². The van der Waals surface area contributed by atoms with Gasteiger partial charge in [-0.2, -0.15) is 0 Å². The first kappa shape index (κ1) is 13.1. The van der Waals surface area contributed by atoms with Crippen molar-refractivity contribution in [1.82, 2.24) is 0 Å². The molecular weight excluding hydrogens is 220 g/mol. The van der Waals surface area contributed by atoms with Crippen LogP contribution in [0.2, 0.25) is 0 Å². The molecule has 96 valence electrons. The van der Waals surface area contributed by atoms with Crippen LogP contribution < -0.4 is 0 Å². The van der Waals surface area contributed by atoms with E-state index in [9.17, 15) is 4.79 Å². The number of hydrogen-bond donors (Lipinski definition) is 0. The van der Waals surface area contributed by atoms with Crippen molar-refractivity contribution in [1.29, 1.82) is 0 Å². The lowest BCUT2D eigenvalue weighted by atomic mass is 9.90. The summed E-state index contributed by atoms with van der Waals surface area (Å²) < 4.78 is 0. The third-order valence-electron chi connectivity index (χ3n) is 3.79. The van der Waals surface area contributed by atoms with Gasteiger partial charge in [0.25, 0.3) is 0 Å². The topological polar surface area (TPSA) is 17.1 Å². The molecule has 0 amide bonds. The van der Waals surface area contributed by atoms with Crippen molar-refractivity contribution in [3.05, 3.63) is 46.5 Å². The molecule has 0 unspecified atom stereocenters. The van der Waals surface area contributed by atoms with Crippen LogP contribution in [0.25, 0.3) is 0 Å².